The molecule has 23 heavy (non-hydrogen) atoms. The third-order valence-electron chi connectivity index (χ3n) is 3.49. The summed E-state index contributed by atoms with van der Waals surface area (Å²) in [5.41, 5.74) is 1.75. The maximum Gasteiger partial charge on any atom is 0.161 e. The smallest absolute Gasteiger partial charge is 0.161 e. The van der Waals surface area contributed by atoms with Gasteiger partial charge in [-0.25, -0.2) is 4.98 Å². The van der Waals surface area contributed by atoms with Crippen LogP contribution >= 0.6 is 11.6 Å². The second-order valence-corrected chi connectivity index (χ2v) is 5.20. The number of pyridine rings is 1. The lowest BCUT2D eigenvalue weighted by molar-refractivity contribution is 0.355. The van der Waals surface area contributed by atoms with Crippen molar-refractivity contribution in [2.24, 2.45) is 4.99 Å². The topological polar surface area (TPSA) is 43.7 Å². The summed E-state index contributed by atoms with van der Waals surface area (Å²) in [7, 11) is 3.22. The van der Waals surface area contributed by atoms with E-state index in [1.54, 1.807) is 26.6 Å². The second kappa shape index (κ2) is 6.67. The highest BCUT2D eigenvalue weighted by atomic mass is 35.5. The Morgan fingerprint density at radius 1 is 1.00 bits per heavy atom. The van der Waals surface area contributed by atoms with Crippen LogP contribution in [-0.4, -0.2) is 25.4 Å². The number of halogens is 1. The quantitative estimate of drug-likeness (QED) is 0.517. The monoisotopic (exact) mass is 326 g/mol. The van der Waals surface area contributed by atoms with Gasteiger partial charge in [0.1, 0.15) is 5.15 Å². The van der Waals surface area contributed by atoms with Crippen LogP contribution in [0.3, 0.4) is 0 Å². The van der Waals surface area contributed by atoms with Crippen LogP contribution in [0.5, 0.6) is 11.5 Å². The molecule has 0 N–H and O–H groups in total. The van der Waals surface area contributed by atoms with Gasteiger partial charge in [0.15, 0.2) is 11.5 Å². The molecule has 0 aliphatic rings. The van der Waals surface area contributed by atoms with Gasteiger partial charge in [-0.3, -0.25) is 4.99 Å². The molecule has 3 aromatic rings. The molecule has 116 valence electrons. The second-order valence-electron chi connectivity index (χ2n) is 4.85. The SMILES string of the molecule is COc1ccc(C=Nc2cccc3c(Cl)nccc23)cc1OC. The number of benzene rings is 2. The molecular weight excluding hydrogens is 312 g/mol. The number of hydrogen-bond donors (Lipinski definition) is 0. The molecule has 2 aromatic carbocycles. The molecule has 0 aliphatic carbocycles. The van der Waals surface area contributed by atoms with Gasteiger partial charge < -0.3 is 9.47 Å². The zero-order chi connectivity index (χ0) is 16.2. The third-order valence-corrected chi connectivity index (χ3v) is 3.80. The minimum Gasteiger partial charge on any atom is -0.493 e. The molecule has 0 spiro atoms. The lowest BCUT2D eigenvalue weighted by Gasteiger charge is -2.07. The van der Waals surface area contributed by atoms with E-state index in [-0.39, 0.29) is 0 Å². The van der Waals surface area contributed by atoms with Gasteiger partial charge in [0.05, 0.1) is 19.9 Å². The van der Waals surface area contributed by atoms with Crippen LogP contribution in [0.1, 0.15) is 5.56 Å². The summed E-state index contributed by atoms with van der Waals surface area (Å²) in [6.45, 7) is 0. The molecule has 0 unspecified atom stereocenters. The molecule has 0 amide bonds. The average Bonchev–Trinajstić information content (AvgIpc) is 2.60. The van der Waals surface area contributed by atoms with Crippen LogP contribution in [0.2, 0.25) is 5.15 Å². The van der Waals surface area contributed by atoms with Crippen LogP contribution in [0.4, 0.5) is 5.69 Å². The Kier molecular flexibility index (Phi) is 4.44. The van der Waals surface area contributed by atoms with E-state index in [1.165, 1.54) is 0 Å². The summed E-state index contributed by atoms with van der Waals surface area (Å²) in [6.07, 6.45) is 3.46. The molecule has 0 bridgehead atoms. The maximum atomic E-state index is 6.13. The minimum absolute atomic E-state index is 0.477. The molecule has 0 saturated heterocycles. The highest BCUT2D eigenvalue weighted by Crippen LogP contribution is 2.30. The van der Waals surface area contributed by atoms with E-state index in [1.807, 2.05) is 42.5 Å². The third kappa shape index (κ3) is 3.12. The first kappa shape index (κ1) is 15.3. The van der Waals surface area contributed by atoms with Crippen LogP contribution < -0.4 is 9.47 Å². The Morgan fingerprint density at radius 3 is 2.61 bits per heavy atom. The van der Waals surface area contributed by atoms with Gasteiger partial charge in [0.25, 0.3) is 0 Å². The minimum atomic E-state index is 0.477. The first-order valence-electron chi connectivity index (χ1n) is 7.02. The van der Waals surface area contributed by atoms with Crippen LogP contribution in [-0.2, 0) is 0 Å². The van der Waals surface area contributed by atoms with E-state index < -0.39 is 0 Å². The molecule has 3 rings (SSSR count). The number of methoxy groups -OCH3 is 2. The fraction of sp³-hybridized carbons (Fsp3) is 0.111. The molecule has 0 radical (unpaired) electrons. The molecule has 0 aliphatic heterocycles. The van der Waals surface area contributed by atoms with Crippen molar-refractivity contribution in [2.45, 2.75) is 0 Å². The summed E-state index contributed by atoms with van der Waals surface area (Å²) in [6, 6.07) is 13.3. The fourth-order valence-electron chi connectivity index (χ4n) is 2.34. The molecule has 5 heteroatoms. The van der Waals surface area contributed by atoms with Crippen molar-refractivity contribution < 1.29 is 9.47 Å². The molecular formula is C18H15ClN2O2. The van der Waals surface area contributed by atoms with Crippen molar-refractivity contribution in [3.8, 4) is 11.5 Å². The Bertz CT molecular complexity index is 878. The van der Waals surface area contributed by atoms with E-state index in [9.17, 15) is 0 Å². The molecule has 1 aromatic heterocycles. The molecule has 0 fully saturated rings. The van der Waals surface area contributed by atoms with Crippen molar-refractivity contribution >= 4 is 34.3 Å². The van der Waals surface area contributed by atoms with Crippen LogP contribution in [0.15, 0.2) is 53.7 Å². The molecule has 4 nitrogen and oxygen atoms in total. The predicted octanol–water partition coefficient (Wildman–Crippen LogP) is 4.66. The first-order chi connectivity index (χ1) is 11.2. The number of ether oxygens (including phenoxy) is 2. The van der Waals surface area contributed by atoms with Crippen molar-refractivity contribution in [2.75, 3.05) is 14.2 Å². The van der Waals surface area contributed by atoms with E-state index in [2.05, 4.69) is 9.98 Å². The first-order valence-corrected chi connectivity index (χ1v) is 7.40. The summed E-state index contributed by atoms with van der Waals surface area (Å²) in [4.78, 5) is 8.66. The fourth-order valence-corrected chi connectivity index (χ4v) is 2.57. The summed E-state index contributed by atoms with van der Waals surface area (Å²) < 4.78 is 10.5. The Morgan fingerprint density at radius 2 is 1.83 bits per heavy atom. The summed E-state index contributed by atoms with van der Waals surface area (Å²) in [5, 5.41) is 2.33. The molecule has 0 atom stereocenters. The number of rotatable bonds is 4. The zero-order valence-electron chi connectivity index (χ0n) is 12.8. The van der Waals surface area contributed by atoms with Crippen molar-refractivity contribution in [3.05, 3.63) is 59.4 Å². The van der Waals surface area contributed by atoms with Gasteiger partial charge >= 0.3 is 0 Å². The van der Waals surface area contributed by atoms with Crippen molar-refractivity contribution in [3.63, 3.8) is 0 Å². The highest BCUT2D eigenvalue weighted by molar-refractivity contribution is 6.34. The summed E-state index contributed by atoms with van der Waals surface area (Å²) in [5.74, 6) is 1.36. The van der Waals surface area contributed by atoms with Gasteiger partial charge in [-0.15, -0.1) is 0 Å². The van der Waals surface area contributed by atoms with Gasteiger partial charge in [0.2, 0.25) is 0 Å². The lowest BCUT2D eigenvalue weighted by atomic mass is 10.1. The van der Waals surface area contributed by atoms with Crippen LogP contribution in [0.25, 0.3) is 10.8 Å². The van der Waals surface area contributed by atoms with Crippen molar-refractivity contribution in [1.29, 1.82) is 0 Å². The van der Waals surface area contributed by atoms with Gasteiger partial charge in [-0.1, -0.05) is 23.7 Å². The lowest BCUT2D eigenvalue weighted by Crippen LogP contribution is -1.92. The Hall–Kier alpha value is -2.59. The van der Waals surface area contributed by atoms with E-state index >= 15 is 0 Å². The Labute approximate surface area is 139 Å². The number of aliphatic imine (C=N–C) groups is 1. The van der Waals surface area contributed by atoms with E-state index in [4.69, 9.17) is 21.1 Å². The predicted molar refractivity (Wildman–Crippen MR) is 93.6 cm³/mol. The molecule has 1 heterocycles. The van der Waals surface area contributed by atoms with Crippen molar-refractivity contribution in [1.82, 2.24) is 4.98 Å². The van der Waals surface area contributed by atoms with Crippen LogP contribution in [0, 0.1) is 0 Å². The van der Waals surface area contributed by atoms with Gasteiger partial charge in [-0.2, -0.15) is 0 Å². The largest absolute Gasteiger partial charge is 0.493 e. The number of nitrogens with zero attached hydrogens (tertiary/aromatic N) is 2. The number of fused-ring (bicyclic) bond motifs is 1. The highest BCUT2D eigenvalue weighted by Gasteiger charge is 2.05. The summed E-state index contributed by atoms with van der Waals surface area (Å²) >= 11 is 6.13. The van der Waals surface area contributed by atoms with E-state index in [0.717, 1.165) is 22.0 Å². The number of hydrogen-bond acceptors (Lipinski definition) is 4. The number of aromatic nitrogens is 1. The Balaban J connectivity index is 1.99. The zero-order valence-corrected chi connectivity index (χ0v) is 13.5. The normalized spacial score (nSPS) is 11.1. The average molecular weight is 327 g/mol. The van der Waals surface area contributed by atoms with Gasteiger partial charge in [-0.05, 0) is 35.9 Å². The standard InChI is InChI=1S/C18H15ClN2O2/c1-22-16-7-6-12(10-17(16)23-2)11-21-15-5-3-4-14-13(15)8-9-20-18(14)19/h3-11H,1-2H3. The van der Waals surface area contributed by atoms with Gasteiger partial charge in [0, 0.05) is 23.2 Å². The molecule has 0 saturated carbocycles. The maximum absolute atomic E-state index is 6.13. The van der Waals surface area contributed by atoms with E-state index in [0.29, 0.717) is 16.7 Å².